The SMILES string of the molecule is CN(C(=O)c1c[nH]c2ccccc12)C(CN)C1CC1. The lowest BCUT2D eigenvalue weighted by atomic mass is 10.1. The molecule has 3 rings (SSSR count). The molecule has 1 saturated carbocycles. The number of nitrogens with zero attached hydrogens (tertiary/aromatic N) is 1. The van der Waals surface area contributed by atoms with Gasteiger partial charge in [-0.15, -0.1) is 0 Å². The second-order valence-electron chi connectivity index (χ2n) is 5.30. The van der Waals surface area contributed by atoms with Crippen LogP contribution in [-0.2, 0) is 0 Å². The Labute approximate surface area is 112 Å². The first-order chi connectivity index (χ1) is 9.22. The number of fused-ring (bicyclic) bond motifs is 1. The molecule has 1 unspecified atom stereocenters. The highest BCUT2D eigenvalue weighted by molar-refractivity contribution is 6.06. The van der Waals surface area contributed by atoms with E-state index in [4.69, 9.17) is 5.73 Å². The largest absolute Gasteiger partial charge is 0.360 e. The molecule has 1 aliphatic carbocycles. The van der Waals surface area contributed by atoms with Crippen molar-refractivity contribution < 1.29 is 4.79 Å². The summed E-state index contributed by atoms with van der Waals surface area (Å²) in [5.74, 6) is 0.643. The third kappa shape index (κ3) is 2.12. The van der Waals surface area contributed by atoms with E-state index in [9.17, 15) is 4.79 Å². The Bertz CT molecular complexity index is 600. The van der Waals surface area contributed by atoms with Crippen LogP contribution in [0, 0.1) is 5.92 Å². The predicted octanol–water partition coefficient (Wildman–Crippen LogP) is 1.98. The lowest BCUT2D eigenvalue weighted by Crippen LogP contribution is -2.43. The van der Waals surface area contributed by atoms with Gasteiger partial charge in [0.05, 0.1) is 5.56 Å². The van der Waals surface area contributed by atoms with E-state index in [2.05, 4.69) is 4.98 Å². The van der Waals surface area contributed by atoms with Gasteiger partial charge in [0.2, 0.25) is 0 Å². The average Bonchev–Trinajstić information content (AvgIpc) is 3.17. The van der Waals surface area contributed by atoms with E-state index in [-0.39, 0.29) is 11.9 Å². The molecule has 0 radical (unpaired) electrons. The molecular weight excluding hydrogens is 238 g/mol. The molecule has 2 aromatic rings. The maximum Gasteiger partial charge on any atom is 0.256 e. The van der Waals surface area contributed by atoms with Crippen LogP contribution < -0.4 is 5.73 Å². The van der Waals surface area contributed by atoms with E-state index in [0.29, 0.717) is 12.5 Å². The van der Waals surface area contributed by atoms with Crippen molar-refractivity contribution in [3.05, 3.63) is 36.0 Å². The molecule has 100 valence electrons. The van der Waals surface area contributed by atoms with Crippen molar-refractivity contribution in [2.45, 2.75) is 18.9 Å². The Balaban J connectivity index is 1.90. The molecule has 0 saturated heterocycles. The normalized spacial score (nSPS) is 16.5. The van der Waals surface area contributed by atoms with E-state index in [1.807, 2.05) is 36.2 Å². The summed E-state index contributed by atoms with van der Waals surface area (Å²) in [6, 6.07) is 8.04. The Kier molecular flexibility index (Phi) is 3.03. The summed E-state index contributed by atoms with van der Waals surface area (Å²) in [5.41, 5.74) is 7.55. The molecule has 1 aromatic carbocycles. The summed E-state index contributed by atoms with van der Waals surface area (Å²) in [4.78, 5) is 17.6. The zero-order valence-corrected chi connectivity index (χ0v) is 11.1. The van der Waals surface area contributed by atoms with Crippen molar-refractivity contribution in [3.63, 3.8) is 0 Å². The van der Waals surface area contributed by atoms with Crippen LogP contribution in [0.15, 0.2) is 30.5 Å². The van der Waals surface area contributed by atoms with Crippen molar-refractivity contribution in [2.24, 2.45) is 11.7 Å². The summed E-state index contributed by atoms with van der Waals surface area (Å²) in [6.45, 7) is 0.537. The van der Waals surface area contributed by atoms with Crippen LogP contribution in [0.5, 0.6) is 0 Å². The van der Waals surface area contributed by atoms with Gasteiger partial charge in [0.25, 0.3) is 5.91 Å². The topological polar surface area (TPSA) is 62.1 Å². The van der Waals surface area contributed by atoms with Crippen LogP contribution in [0.4, 0.5) is 0 Å². The smallest absolute Gasteiger partial charge is 0.256 e. The van der Waals surface area contributed by atoms with Crippen LogP contribution in [-0.4, -0.2) is 35.4 Å². The molecule has 1 aromatic heterocycles. The fourth-order valence-corrected chi connectivity index (χ4v) is 2.74. The second-order valence-corrected chi connectivity index (χ2v) is 5.30. The molecule has 1 atom stereocenters. The van der Waals surface area contributed by atoms with Gasteiger partial charge in [0.15, 0.2) is 0 Å². The molecule has 4 heteroatoms. The van der Waals surface area contributed by atoms with Gasteiger partial charge in [-0.05, 0) is 24.8 Å². The number of carbonyl (C=O) groups is 1. The van der Waals surface area contributed by atoms with Gasteiger partial charge in [-0.25, -0.2) is 0 Å². The maximum atomic E-state index is 12.6. The average molecular weight is 257 g/mol. The number of rotatable bonds is 4. The molecule has 0 bridgehead atoms. The summed E-state index contributed by atoms with van der Waals surface area (Å²) in [7, 11) is 1.86. The molecule has 3 N–H and O–H groups in total. The monoisotopic (exact) mass is 257 g/mol. The number of benzene rings is 1. The van der Waals surface area contributed by atoms with Gasteiger partial charge in [0, 0.05) is 36.7 Å². The second kappa shape index (κ2) is 4.70. The molecule has 4 nitrogen and oxygen atoms in total. The highest BCUT2D eigenvalue weighted by atomic mass is 16.2. The minimum absolute atomic E-state index is 0.0554. The Hall–Kier alpha value is -1.81. The summed E-state index contributed by atoms with van der Waals surface area (Å²) in [6.07, 6.45) is 4.17. The van der Waals surface area contributed by atoms with Gasteiger partial charge in [-0.1, -0.05) is 18.2 Å². The van der Waals surface area contributed by atoms with Gasteiger partial charge >= 0.3 is 0 Å². The van der Waals surface area contributed by atoms with Crippen LogP contribution in [0.2, 0.25) is 0 Å². The maximum absolute atomic E-state index is 12.6. The number of carbonyl (C=O) groups excluding carboxylic acids is 1. The van der Waals surface area contributed by atoms with Crippen LogP contribution in [0.25, 0.3) is 10.9 Å². The number of nitrogens with one attached hydrogen (secondary N) is 1. The quantitative estimate of drug-likeness (QED) is 0.879. The Morgan fingerprint density at radius 2 is 2.21 bits per heavy atom. The number of amides is 1. The van der Waals surface area contributed by atoms with Crippen molar-refractivity contribution in [1.82, 2.24) is 9.88 Å². The number of para-hydroxylation sites is 1. The van der Waals surface area contributed by atoms with Crippen LogP contribution in [0.1, 0.15) is 23.2 Å². The number of likely N-dealkylation sites (N-methyl/N-ethyl adjacent to an activating group) is 1. The van der Waals surface area contributed by atoms with E-state index >= 15 is 0 Å². The van der Waals surface area contributed by atoms with Crippen LogP contribution >= 0.6 is 0 Å². The molecular formula is C15H19N3O. The van der Waals surface area contributed by atoms with E-state index in [1.165, 1.54) is 12.8 Å². The van der Waals surface area contributed by atoms with Crippen molar-refractivity contribution in [2.75, 3.05) is 13.6 Å². The first kappa shape index (κ1) is 12.2. The molecule has 1 aliphatic rings. The van der Waals surface area contributed by atoms with E-state index < -0.39 is 0 Å². The third-order valence-corrected chi connectivity index (χ3v) is 4.05. The van der Waals surface area contributed by atoms with Gasteiger partial charge < -0.3 is 15.6 Å². The molecule has 1 amide bonds. The van der Waals surface area contributed by atoms with Gasteiger partial charge in [0.1, 0.15) is 0 Å². The number of aromatic amines is 1. The fourth-order valence-electron chi connectivity index (χ4n) is 2.74. The van der Waals surface area contributed by atoms with E-state index in [0.717, 1.165) is 16.5 Å². The standard InChI is InChI=1S/C15H19N3O/c1-18(14(8-16)10-6-7-10)15(19)12-9-17-13-5-3-2-4-11(12)13/h2-5,9-10,14,17H,6-8,16H2,1H3. The summed E-state index contributed by atoms with van der Waals surface area (Å²) < 4.78 is 0. The zero-order chi connectivity index (χ0) is 13.4. The van der Waals surface area contributed by atoms with Crippen molar-refractivity contribution in [3.8, 4) is 0 Å². The number of nitrogens with two attached hydrogens (primary N) is 1. The number of H-pyrrole nitrogens is 1. The van der Waals surface area contributed by atoms with Crippen LogP contribution in [0.3, 0.4) is 0 Å². The summed E-state index contributed by atoms with van der Waals surface area (Å²) in [5, 5.41) is 0.978. The molecule has 1 heterocycles. The predicted molar refractivity (Wildman–Crippen MR) is 76.0 cm³/mol. The highest BCUT2D eigenvalue weighted by Crippen LogP contribution is 2.35. The first-order valence-electron chi connectivity index (χ1n) is 6.75. The lowest BCUT2D eigenvalue weighted by molar-refractivity contribution is 0.0720. The molecule has 1 fully saturated rings. The lowest BCUT2D eigenvalue weighted by Gasteiger charge is -2.27. The highest BCUT2D eigenvalue weighted by Gasteiger charge is 2.35. The minimum Gasteiger partial charge on any atom is -0.360 e. The van der Waals surface area contributed by atoms with E-state index in [1.54, 1.807) is 6.20 Å². The molecule has 19 heavy (non-hydrogen) atoms. The fraction of sp³-hybridized carbons (Fsp3) is 0.400. The molecule has 0 aliphatic heterocycles. The van der Waals surface area contributed by atoms with Crippen molar-refractivity contribution >= 4 is 16.8 Å². The zero-order valence-electron chi connectivity index (χ0n) is 11.1. The minimum atomic E-state index is 0.0554. The third-order valence-electron chi connectivity index (χ3n) is 4.05. The van der Waals surface area contributed by atoms with Crippen molar-refractivity contribution in [1.29, 1.82) is 0 Å². The number of hydrogen-bond donors (Lipinski definition) is 2. The van der Waals surface area contributed by atoms with Gasteiger partial charge in [-0.3, -0.25) is 4.79 Å². The molecule has 0 spiro atoms. The number of aromatic nitrogens is 1. The Morgan fingerprint density at radius 1 is 1.47 bits per heavy atom. The number of hydrogen-bond acceptors (Lipinski definition) is 2. The Morgan fingerprint density at radius 3 is 2.89 bits per heavy atom. The first-order valence-corrected chi connectivity index (χ1v) is 6.75. The summed E-state index contributed by atoms with van der Waals surface area (Å²) >= 11 is 0. The van der Waals surface area contributed by atoms with Gasteiger partial charge in [-0.2, -0.15) is 0 Å².